The summed E-state index contributed by atoms with van der Waals surface area (Å²) in [5, 5.41) is 0. The Kier molecular flexibility index (Phi) is 3.06. The summed E-state index contributed by atoms with van der Waals surface area (Å²) in [5.74, 6) is 0. The second-order valence-electron chi connectivity index (χ2n) is 2.79. The maximum Gasteiger partial charge on any atom is 0.225 e. The molecule has 0 aliphatic heterocycles. The van der Waals surface area contributed by atoms with E-state index >= 15 is 0 Å². The number of aromatic nitrogens is 4. The van der Waals surface area contributed by atoms with Gasteiger partial charge in [-0.3, -0.25) is 9.59 Å². The van der Waals surface area contributed by atoms with Gasteiger partial charge in [0.25, 0.3) is 0 Å². The molecule has 2 aromatic heterocycles. The molecule has 2 aromatic rings. The van der Waals surface area contributed by atoms with E-state index in [-0.39, 0.29) is 43.9 Å². The van der Waals surface area contributed by atoms with Crippen LogP contribution in [0.4, 0.5) is 0 Å². The van der Waals surface area contributed by atoms with E-state index in [0.717, 1.165) is 4.57 Å². The molecule has 1 radical (unpaired) electrons. The first-order valence-electron chi connectivity index (χ1n) is 3.66. The zero-order valence-electron chi connectivity index (χ0n) is 7.76. The summed E-state index contributed by atoms with van der Waals surface area (Å²) in [6.45, 7) is 0. The van der Waals surface area contributed by atoms with Crippen LogP contribution in [0, 0.1) is 0 Å². The van der Waals surface area contributed by atoms with Crippen LogP contribution in [-0.2, 0) is 46.8 Å². The minimum absolute atomic E-state index is 0. The first-order valence-corrected chi connectivity index (χ1v) is 3.66. The van der Waals surface area contributed by atoms with Crippen molar-refractivity contribution in [3.8, 4) is 0 Å². The standard InChI is InChI=1S/C7H8N4O2.Y/c1-10-3-8-5-4(10)6(12)11(2)7(13)9-5;/h3H,1-2H3,(H,9,12,13);/p-1. The Balaban J connectivity index is 0.000000980. The smallest absolute Gasteiger partial charge is 0.225 e. The van der Waals surface area contributed by atoms with Gasteiger partial charge in [-0.2, -0.15) is 0 Å². The third-order valence-corrected chi connectivity index (χ3v) is 1.91. The molecule has 6 nitrogen and oxygen atoms in total. The molecule has 0 amide bonds. The number of rotatable bonds is 0. The van der Waals surface area contributed by atoms with Crippen molar-refractivity contribution in [3.05, 3.63) is 27.2 Å². The fourth-order valence-electron chi connectivity index (χ4n) is 1.16. The van der Waals surface area contributed by atoms with Crippen LogP contribution in [0.15, 0.2) is 15.9 Å². The number of fused-ring (bicyclic) bond motifs is 1. The van der Waals surface area contributed by atoms with Gasteiger partial charge in [-0.1, -0.05) is 0 Å². The minimum Gasteiger partial charge on any atom is -0.350 e. The van der Waals surface area contributed by atoms with Crippen molar-refractivity contribution in [2.24, 2.45) is 14.1 Å². The van der Waals surface area contributed by atoms with Crippen molar-refractivity contribution in [1.82, 2.24) is 19.1 Å². The van der Waals surface area contributed by atoms with E-state index < -0.39 is 5.69 Å². The number of hydrogen-bond donors (Lipinski definition) is 0. The van der Waals surface area contributed by atoms with Crippen molar-refractivity contribution >= 4 is 11.2 Å². The third-order valence-electron chi connectivity index (χ3n) is 1.91. The van der Waals surface area contributed by atoms with Gasteiger partial charge in [-0.25, -0.2) is 0 Å². The molecule has 0 aliphatic rings. The summed E-state index contributed by atoms with van der Waals surface area (Å²) in [7, 11) is 3.08. The Labute approximate surface area is 104 Å². The second-order valence-corrected chi connectivity index (χ2v) is 2.79. The zero-order chi connectivity index (χ0) is 9.59. The van der Waals surface area contributed by atoms with Crippen LogP contribution in [0.5, 0.6) is 0 Å². The molecule has 2 rings (SSSR count). The molecule has 0 unspecified atom stereocenters. The summed E-state index contributed by atoms with van der Waals surface area (Å²) in [6, 6.07) is 0. The van der Waals surface area contributed by atoms with Crippen LogP contribution >= 0.6 is 0 Å². The molecule has 0 fully saturated rings. The Morgan fingerprint density at radius 2 is 2.00 bits per heavy atom. The van der Waals surface area contributed by atoms with E-state index in [1.165, 1.54) is 13.4 Å². The van der Waals surface area contributed by atoms with Gasteiger partial charge in [0.2, 0.25) is 11.2 Å². The molecule has 0 N–H and O–H groups in total. The molecule has 7 heteroatoms. The molecule has 0 aliphatic carbocycles. The number of hydrogen-bond acceptors (Lipinski definition) is 3. The molecule has 0 saturated heterocycles. The molecular formula is C7H7N4O2Y-. The fraction of sp³-hybridized carbons (Fsp3) is 0.286. The molecule has 71 valence electrons. The zero-order valence-corrected chi connectivity index (χ0v) is 10.6. The van der Waals surface area contributed by atoms with Crippen LogP contribution in [0.25, 0.3) is 11.2 Å². The maximum atomic E-state index is 11.5. The molecule has 0 saturated carbocycles. The number of aryl methyl sites for hydroxylation is 1. The fourth-order valence-corrected chi connectivity index (χ4v) is 1.16. The van der Waals surface area contributed by atoms with Crippen LogP contribution in [0.2, 0.25) is 0 Å². The SMILES string of the molecule is Cn1c(=O)[n-]c2ncn(C)c2c1=O.[Y]. The predicted octanol–water partition coefficient (Wildman–Crippen LogP) is -1.41. The molecule has 0 bridgehead atoms. The molecule has 2 heterocycles. The maximum absolute atomic E-state index is 11.5. The van der Waals surface area contributed by atoms with Crippen LogP contribution < -0.4 is 16.2 Å². The van der Waals surface area contributed by atoms with E-state index in [1.54, 1.807) is 11.6 Å². The first-order chi connectivity index (χ1) is 6.11. The van der Waals surface area contributed by atoms with E-state index in [1.807, 2.05) is 0 Å². The van der Waals surface area contributed by atoms with E-state index in [9.17, 15) is 9.59 Å². The van der Waals surface area contributed by atoms with Crippen LogP contribution in [0.1, 0.15) is 0 Å². The summed E-state index contributed by atoms with van der Waals surface area (Å²) in [4.78, 5) is 30.0. The van der Waals surface area contributed by atoms with Crippen molar-refractivity contribution in [2.75, 3.05) is 0 Å². The van der Waals surface area contributed by atoms with Crippen molar-refractivity contribution in [1.29, 1.82) is 0 Å². The monoisotopic (exact) mass is 268 g/mol. The van der Waals surface area contributed by atoms with Gasteiger partial charge in [0.05, 0.1) is 0 Å². The summed E-state index contributed by atoms with van der Waals surface area (Å²) < 4.78 is 2.51. The van der Waals surface area contributed by atoms with Crippen LogP contribution in [0.3, 0.4) is 0 Å². The molecule has 0 spiro atoms. The molecule has 0 aromatic carbocycles. The van der Waals surface area contributed by atoms with Crippen molar-refractivity contribution in [3.63, 3.8) is 0 Å². The van der Waals surface area contributed by atoms with Gasteiger partial charge in [0.15, 0.2) is 0 Å². The van der Waals surface area contributed by atoms with Gasteiger partial charge < -0.3 is 19.1 Å². The number of imidazole rings is 1. The van der Waals surface area contributed by atoms with Gasteiger partial charge in [-0.15, -0.1) is 0 Å². The third kappa shape index (κ3) is 1.48. The van der Waals surface area contributed by atoms with Gasteiger partial charge in [0.1, 0.15) is 5.52 Å². The van der Waals surface area contributed by atoms with Crippen molar-refractivity contribution in [2.45, 2.75) is 0 Å². The largest absolute Gasteiger partial charge is 0.350 e. The average Bonchev–Trinajstić information content (AvgIpc) is 2.43. The quantitative estimate of drug-likeness (QED) is 0.588. The van der Waals surface area contributed by atoms with E-state index in [2.05, 4.69) is 9.97 Å². The minimum atomic E-state index is -0.573. The summed E-state index contributed by atoms with van der Waals surface area (Å²) in [6.07, 6.45) is 1.46. The first kappa shape index (κ1) is 11.3. The second kappa shape index (κ2) is 3.78. The molecular weight excluding hydrogens is 261 g/mol. The Morgan fingerprint density at radius 3 is 2.64 bits per heavy atom. The predicted molar refractivity (Wildman–Crippen MR) is 45.5 cm³/mol. The Morgan fingerprint density at radius 1 is 1.36 bits per heavy atom. The van der Waals surface area contributed by atoms with E-state index in [0.29, 0.717) is 5.52 Å². The number of nitrogens with zero attached hydrogens (tertiary/aromatic N) is 4. The van der Waals surface area contributed by atoms with E-state index in [4.69, 9.17) is 0 Å². The molecule has 14 heavy (non-hydrogen) atoms. The topological polar surface area (TPSA) is 71.0 Å². The summed E-state index contributed by atoms with van der Waals surface area (Å²) >= 11 is 0. The van der Waals surface area contributed by atoms with Gasteiger partial charge in [0, 0.05) is 51.7 Å². The average molecular weight is 268 g/mol. The Bertz CT molecular complexity index is 579. The Hall–Kier alpha value is -0.746. The molecule has 0 atom stereocenters. The van der Waals surface area contributed by atoms with Gasteiger partial charge in [-0.05, 0) is 7.05 Å². The van der Waals surface area contributed by atoms with Crippen molar-refractivity contribution < 1.29 is 32.7 Å². The summed E-state index contributed by atoms with van der Waals surface area (Å²) in [5.41, 5.74) is -0.385. The van der Waals surface area contributed by atoms with Crippen LogP contribution in [-0.4, -0.2) is 14.1 Å². The normalized spacial score (nSPS) is 10.1. The van der Waals surface area contributed by atoms with Gasteiger partial charge >= 0.3 is 0 Å².